The lowest BCUT2D eigenvalue weighted by Gasteiger charge is -2.40. The van der Waals surface area contributed by atoms with Crippen molar-refractivity contribution in [3.05, 3.63) is 0 Å². The van der Waals surface area contributed by atoms with Crippen LogP contribution in [0.2, 0.25) is 0 Å². The van der Waals surface area contributed by atoms with E-state index in [1.54, 1.807) is 15.7 Å². The molecule has 0 aromatic rings. The fraction of sp³-hybridized carbons (Fsp3) is 1.00. The molecular formula is C14H29N3O2S. The highest BCUT2D eigenvalue weighted by Crippen LogP contribution is 2.30. The maximum Gasteiger partial charge on any atom is 0.281 e. The summed E-state index contributed by atoms with van der Waals surface area (Å²) in [4.78, 5) is 0. The van der Waals surface area contributed by atoms with Gasteiger partial charge in [0.05, 0.1) is 0 Å². The van der Waals surface area contributed by atoms with Gasteiger partial charge in [0.15, 0.2) is 0 Å². The Morgan fingerprint density at radius 3 is 2.35 bits per heavy atom. The van der Waals surface area contributed by atoms with Crippen LogP contribution in [0.1, 0.15) is 45.4 Å². The monoisotopic (exact) mass is 303 g/mol. The summed E-state index contributed by atoms with van der Waals surface area (Å²) < 4.78 is 28.8. The molecule has 1 saturated carbocycles. The molecule has 1 aliphatic carbocycles. The molecule has 2 atom stereocenters. The molecule has 0 bridgehead atoms. The average molecular weight is 303 g/mol. The number of rotatable bonds is 4. The lowest BCUT2D eigenvalue weighted by molar-refractivity contribution is 0.186. The van der Waals surface area contributed by atoms with Gasteiger partial charge in [-0.15, -0.1) is 0 Å². The average Bonchev–Trinajstić information content (AvgIpc) is 2.46. The van der Waals surface area contributed by atoms with E-state index in [4.69, 9.17) is 5.73 Å². The van der Waals surface area contributed by atoms with Crippen molar-refractivity contribution in [3.8, 4) is 0 Å². The summed E-state index contributed by atoms with van der Waals surface area (Å²) in [7, 11) is -1.57. The summed E-state index contributed by atoms with van der Waals surface area (Å²) in [6, 6.07) is 0.0816. The first-order valence-electron chi connectivity index (χ1n) is 7.90. The van der Waals surface area contributed by atoms with Crippen molar-refractivity contribution in [2.75, 3.05) is 26.7 Å². The van der Waals surface area contributed by atoms with Crippen molar-refractivity contribution in [2.24, 2.45) is 17.6 Å². The van der Waals surface area contributed by atoms with Gasteiger partial charge in [-0.05, 0) is 44.1 Å². The number of piperidine rings is 1. The van der Waals surface area contributed by atoms with Gasteiger partial charge >= 0.3 is 0 Å². The summed E-state index contributed by atoms with van der Waals surface area (Å²) in [5, 5.41) is 0. The van der Waals surface area contributed by atoms with E-state index in [-0.39, 0.29) is 6.04 Å². The standard InChI is InChI=1S/C14H29N3O2S/c1-12-7-9-17(10-8-12)20(18,19)16(2)14-6-4-3-5-13(14)11-15/h12-14H,3-11,15H2,1-2H3. The summed E-state index contributed by atoms with van der Waals surface area (Å²) in [6.45, 7) is 4.10. The van der Waals surface area contributed by atoms with Crippen molar-refractivity contribution in [2.45, 2.75) is 51.5 Å². The van der Waals surface area contributed by atoms with Crippen LogP contribution in [-0.2, 0) is 10.2 Å². The summed E-state index contributed by atoms with van der Waals surface area (Å²) in [5.41, 5.74) is 5.84. The second-order valence-electron chi connectivity index (χ2n) is 6.45. The highest BCUT2D eigenvalue weighted by molar-refractivity contribution is 7.86. The predicted octanol–water partition coefficient (Wildman–Crippen LogP) is 1.41. The van der Waals surface area contributed by atoms with Crippen molar-refractivity contribution in [1.82, 2.24) is 8.61 Å². The molecule has 0 aromatic heterocycles. The predicted molar refractivity (Wildman–Crippen MR) is 81.5 cm³/mol. The first-order chi connectivity index (χ1) is 9.46. The van der Waals surface area contributed by atoms with Crippen LogP contribution in [0.25, 0.3) is 0 Å². The Morgan fingerprint density at radius 2 is 1.75 bits per heavy atom. The topological polar surface area (TPSA) is 66.6 Å². The van der Waals surface area contributed by atoms with Crippen molar-refractivity contribution < 1.29 is 8.42 Å². The lowest BCUT2D eigenvalue weighted by atomic mass is 9.85. The molecule has 1 heterocycles. The van der Waals surface area contributed by atoms with E-state index < -0.39 is 10.2 Å². The fourth-order valence-electron chi connectivity index (χ4n) is 3.51. The van der Waals surface area contributed by atoms with Crippen LogP contribution in [0.4, 0.5) is 0 Å². The van der Waals surface area contributed by atoms with Gasteiger partial charge in [0.1, 0.15) is 0 Å². The molecule has 20 heavy (non-hydrogen) atoms. The Balaban J connectivity index is 2.07. The second kappa shape index (κ2) is 6.73. The van der Waals surface area contributed by atoms with Crippen LogP contribution in [0.15, 0.2) is 0 Å². The molecule has 0 spiro atoms. The van der Waals surface area contributed by atoms with Gasteiger partial charge < -0.3 is 5.73 Å². The Bertz CT molecular complexity index is 405. The normalized spacial score (nSPS) is 30.8. The van der Waals surface area contributed by atoms with Gasteiger partial charge in [-0.2, -0.15) is 17.0 Å². The molecule has 0 radical (unpaired) electrons. The molecule has 1 saturated heterocycles. The van der Waals surface area contributed by atoms with Gasteiger partial charge in [-0.25, -0.2) is 0 Å². The van der Waals surface area contributed by atoms with Crippen LogP contribution in [0, 0.1) is 11.8 Å². The quantitative estimate of drug-likeness (QED) is 0.854. The lowest BCUT2D eigenvalue weighted by Crippen LogP contribution is -2.52. The maximum atomic E-state index is 12.8. The third kappa shape index (κ3) is 3.35. The van der Waals surface area contributed by atoms with Gasteiger partial charge in [-0.1, -0.05) is 19.8 Å². The van der Waals surface area contributed by atoms with Crippen molar-refractivity contribution >= 4 is 10.2 Å². The van der Waals surface area contributed by atoms with Crippen molar-refractivity contribution in [1.29, 1.82) is 0 Å². The van der Waals surface area contributed by atoms with Gasteiger partial charge in [0.2, 0.25) is 0 Å². The van der Waals surface area contributed by atoms with E-state index in [1.165, 1.54) is 6.42 Å². The third-order valence-electron chi connectivity index (χ3n) is 5.07. The number of hydrogen-bond donors (Lipinski definition) is 1. The van der Waals surface area contributed by atoms with Gasteiger partial charge in [0.25, 0.3) is 10.2 Å². The summed E-state index contributed by atoms with van der Waals surface area (Å²) >= 11 is 0. The molecule has 2 aliphatic rings. The number of nitrogens with two attached hydrogens (primary N) is 1. The fourth-order valence-corrected chi connectivity index (χ4v) is 5.17. The van der Waals surface area contributed by atoms with Gasteiger partial charge in [0, 0.05) is 26.2 Å². The highest BCUT2D eigenvalue weighted by atomic mass is 32.2. The zero-order valence-corrected chi connectivity index (χ0v) is 13.6. The van der Waals surface area contributed by atoms with Crippen molar-refractivity contribution in [3.63, 3.8) is 0 Å². The molecule has 2 unspecified atom stereocenters. The molecule has 0 aromatic carbocycles. The van der Waals surface area contributed by atoms with Crippen LogP contribution >= 0.6 is 0 Å². The smallest absolute Gasteiger partial charge is 0.281 e. The molecule has 2 fully saturated rings. The Kier molecular flexibility index (Phi) is 5.45. The largest absolute Gasteiger partial charge is 0.330 e. The maximum absolute atomic E-state index is 12.8. The Hall–Kier alpha value is -0.170. The van der Waals surface area contributed by atoms with Crippen LogP contribution < -0.4 is 5.73 Å². The Morgan fingerprint density at radius 1 is 1.15 bits per heavy atom. The number of nitrogens with zero attached hydrogens (tertiary/aromatic N) is 2. The van der Waals surface area contributed by atoms with Crippen LogP contribution in [0.5, 0.6) is 0 Å². The van der Waals surface area contributed by atoms with E-state index in [2.05, 4.69) is 6.92 Å². The zero-order chi connectivity index (χ0) is 14.8. The second-order valence-corrected chi connectivity index (χ2v) is 8.44. The minimum atomic E-state index is -3.32. The molecule has 1 aliphatic heterocycles. The van der Waals surface area contributed by atoms with E-state index in [1.807, 2.05) is 0 Å². The number of hydrogen-bond acceptors (Lipinski definition) is 3. The van der Waals surface area contributed by atoms with Crippen LogP contribution in [0.3, 0.4) is 0 Å². The van der Waals surface area contributed by atoms with E-state index >= 15 is 0 Å². The molecule has 2 rings (SSSR count). The first-order valence-corrected chi connectivity index (χ1v) is 9.29. The molecule has 0 amide bonds. The molecular weight excluding hydrogens is 274 g/mol. The zero-order valence-electron chi connectivity index (χ0n) is 12.8. The SMILES string of the molecule is CC1CCN(S(=O)(=O)N(C)C2CCCCC2CN)CC1. The Labute approximate surface area is 123 Å². The summed E-state index contributed by atoms with van der Waals surface area (Å²) in [6.07, 6.45) is 6.22. The molecule has 6 heteroatoms. The molecule has 2 N–H and O–H groups in total. The third-order valence-corrected chi connectivity index (χ3v) is 7.09. The van der Waals surface area contributed by atoms with E-state index in [9.17, 15) is 8.42 Å². The van der Waals surface area contributed by atoms with E-state index in [0.29, 0.717) is 31.5 Å². The van der Waals surface area contributed by atoms with Gasteiger partial charge in [-0.3, -0.25) is 0 Å². The minimum Gasteiger partial charge on any atom is -0.330 e. The van der Waals surface area contributed by atoms with Crippen LogP contribution in [-0.4, -0.2) is 49.8 Å². The first kappa shape index (κ1) is 16.2. The highest BCUT2D eigenvalue weighted by Gasteiger charge is 2.37. The molecule has 5 nitrogen and oxygen atoms in total. The van der Waals surface area contributed by atoms with E-state index in [0.717, 1.165) is 32.1 Å². The molecule has 118 valence electrons. The summed E-state index contributed by atoms with van der Waals surface area (Å²) in [5.74, 6) is 0.950. The minimum absolute atomic E-state index is 0.0816.